The first kappa shape index (κ1) is 23.7. The molecule has 0 aliphatic heterocycles. The normalized spacial score (nSPS) is 11.6. The number of nitrogens with zero attached hydrogens (tertiary/aromatic N) is 4. The molecule has 0 saturated heterocycles. The fourth-order valence-corrected chi connectivity index (χ4v) is 4.21. The summed E-state index contributed by atoms with van der Waals surface area (Å²) in [5, 5.41) is 5.79. The second-order valence-corrected chi connectivity index (χ2v) is 9.87. The van der Waals surface area contributed by atoms with E-state index in [1.807, 2.05) is 79.0 Å². The van der Waals surface area contributed by atoms with E-state index in [0.717, 1.165) is 51.0 Å². The van der Waals surface area contributed by atoms with Crippen LogP contribution >= 0.6 is 0 Å². The van der Waals surface area contributed by atoms with E-state index in [4.69, 9.17) is 14.0 Å². The third kappa shape index (κ3) is 5.76. The molecule has 0 radical (unpaired) electrons. The van der Waals surface area contributed by atoms with Crippen LogP contribution in [-0.2, 0) is 27.5 Å². The van der Waals surface area contributed by atoms with Crippen LogP contribution < -0.4 is 4.74 Å². The Morgan fingerprint density at radius 3 is 2.44 bits per heavy atom. The minimum Gasteiger partial charge on any atom is -0.487 e. The van der Waals surface area contributed by atoms with E-state index in [0.29, 0.717) is 13.2 Å². The van der Waals surface area contributed by atoms with Crippen LogP contribution in [-0.4, -0.2) is 41.0 Å². The van der Waals surface area contributed by atoms with Crippen molar-refractivity contribution < 1.29 is 17.3 Å². The second-order valence-electron chi connectivity index (χ2n) is 8.22. The Balaban J connectivity index is 1.34. The van der Waals surface area contributed by atoms with E-state index < -0.39 is 10.1 Å². The molecular weight excluding hydrogens is 476 g/mol. The summed E-state index contributed by atoms with van der Waals surface area (Å²) < 4.78 is 35.1. The molecule has 0 fully saturated rings. The smallest absolute Gasteiger partial charge is 0.264 e. The minimum atomic E-state index is -3.51. The summed E-state index contributed by atoms with van der Waals surface area (Å²) in [6.45, 7) is 0.665. The van der Waals surface area contributed by atoms with Crippen molar-refractivity contribution in [3.05, 3.63) is 97.1 Å². The molecule has 8 nitrogen and oxygen atoms in total. The van der Waals surface area contributed by atoms with Gasteiger partial charge in [-0.15, -0.1) is 0 Å². The maximum atomic E-state index is 11.3. The van der Waals surface area contributed by atoms with Gasteiger partial charge in [0.15, 0.2) is 0 Å². The van der Waals surface area contributed by atoms with Crippen LogP contribution in [0.5, 0.6) is 5.75 Å². The van der Waals surface area contributed by atoms with Crippen LogP contribution in [0.25, 0.3) is 33.3 Å². The third-order valence-electron chi connectivity index (χ3n) is 5.54. The van der Waals surface area contributed by atoms with Gasteiger partial charge in [-0.1, -0.05) is 24.3 Å². The highest BCUT2D eigenvalue weighted by Gasteiger charge is 2.14. The Morgan fingerprint density at radius 2 is 1.67 bits per heavy atom. The summed E-state index contributed by atoms with van der Waals surface area (Å²) in [5.41, 5.74) is 5.33. The molecule has 5 rings (SSSR count). The van der Waals surface area contributed by atoms with Crippen molar-refractivity contribution in [2.24, 2.45) is 0 Å². The van der Waals surface area contributed by atoms with Crippen molar-refractivity contribution in [1.29, 1.82) is 0 Å². The van der Waals surface area contributed by atoms with Gasteiger partial charge in [-0.25, -0.2) is 4.98 Å². The quantitative estimate of drug-likeness (QED) is 0.270. The number of fused-ring (bicyclic) bond motifs is 1. The molecule has 2 aromatic carbocycles. The molecule has 0 saturated carbocycles. The number of pyridine rings is 2. The number of para-hydroxylation sites is 1. The maximum Gasteiger partial charge on any atom is 0.264 e. The van der Waals surface area contributed by atoms with Gasteiger partial charge in [-0.3, -0.25) is 13.8 Å². The van der Waals surface area contributed by atoms with Crippen molar-refractivity contribution in [3.63, 3.8) is 0 Å². The van der Waals surface area contributed by atoms with Gasteiger partial charge in [0, 0.05) is 35.1 Å². The molecule has 0 amide bonds. The van der Waals surface area contributed by atoms with Crippen LogP contribution in [0.4, 0.5) is 0 Å². The fourth-order valence-electron chi connectivity index (χ4n) is 3.83. The van der Waals surface area contributed by atoms with E-state index in [1.54, 1.807) is 17.1 Å². The lowest BCUT2D eigenvalue weighted by atomic mass is 10.0. The lowest BCUT2D eigenvalue weighted by Crippen LogP contribution is -2.10. The van der Waals surface area contributed by atoms with Crippen molar-refractivity contribution in [2.45, 2.75) is 13.2 Å². The van der Waals surface area contributed by atoms with Gasteiger partial charge in [0.05, 0.1) is 30.6 Å². The van der Waals surface area contributed by atoms with E-state index >= 15 is 0 Å². The van der Waals surface area contributed by atoms with Gasteiger partial charge in [0.2, 0.25) is 0 Å². The van der Waals surface area contributed by atoms with E-state index in [-0.39, 0.29) is 6.61 Å². The van der Waals surface area contributed by atoms with Crippen molar-refractivity contribution >= 4 is 21.0 Å². The predicted octanol–water partition coefficient (Wildman–Crippen LogP) is 4.72. The van der Waals surface area contributed by atoms with Crippen molar-refractivity contribution in [3.8, 4) is 28.1 Å². The molecule has 3 heterocycles. The van der Waals surface area contributed by atoms with Gasteiger partial charge >= 0.3 is 0 Å². The zero-order valence-corrected chi connectivity index (χ0v) is 20.4. The van der Waals surface area contributed by atoms with Gasteiger partial charge in [-0.05, 0) is 54.1 Å². The summed E-state index contributed by atoms with van der Waals surface area (Å²) in [6, 6.07) is 23.5. The molecule has 9 heteroatoms. The molecule has 0 atom stereocenters. The highest BCUT2D eigenvalue weighted by molar-refractivity contribution is 7.85. The molecular formula is C27H24N4O4S. The Hall–Kier alpha value is -4.08. The molecule has 0 N–H and O–H groups in total. The van der Waals surface area contributed by atoms with Crippen LogP contribution in [0, 0.1) is 0 Å². The number of benzene rings is 2. The Bertz CT molecular complexity index is 1580. The first-order valence-corrected chi connectivity index (χ1v) is 13.2. The van der Waals surface area contributed by atoms with Crippen LogP contribution in [0.1, 0.15) is 5.69 Å². The zero-order chi connectivity index (χ0) is 25.0. The summed E-state index contributed by atoms with van der Waals surface area (Å²) in [7, 11) is -3.51. The minimum absolute atomic E-state index is 0.00528. The van der Waals surface area contributed by atoms with Crippen molar-refractivity contribution in [1.82, 2.24) is 19.7 Å². The Morgan fingerprint density at radius 1 is 0.889 bits per heavy atom. The van der Waals surface area contributed by atoms with Gasteiger partial charge < -0.3 is 4.74 Å². The summed E-state index contributed by atoms with van der Waals surface area (Å²) in [6.07, 6.45) is 6.36. The highest BCUT2D eigenvalue weighted by Crippen LogP contribution is 2.32. The Kier molecular flexibility index (Phi) is 6.75. The summed E-state index contributed by atoms with van der Waals surface area (Å²) in [5.74, 6) is 0.722. The highest BCUT2D eigenvalue weighted by atomic mass is 32.2. The zero-order valence-electron chi connectivity index (χ0n) is 19.6. The number of hydrogen-bond acceptors (Lipinski definition) is 7. The Labute approximate surface area is 209 Å². The number of aromatic nitrogens is 4. The number of hydrogen-bond donors (Lipinski definition) is 0. The average molecular weight is 501 g/mol. The van der Waals surface area contributed by atoms with Gasteiger partial charge in [-0.2, -0.15) is 13.5 Å². The van der Waals surface area contributed by atoms with Crippen molar-refractivity contribution in [2.75, 3.05) is 12.9 Å². The molecule has 0 aliphatic carbocycles. The summed E-state index contributed by atoms with van der Waals surface area (Å²) in [4.78, 5) is 8.75. The SMILES string of the molecule is CS(=O)(=O)OCCn1cc(-c2ccncc2)c(-c2ccc(OCc3ccc4ccccc4n3)cc2)n1. The third-order valence-corrected chi connectivity index (χ3v) is 6.14. The van der Waals surface area contributed by atoms with E-state index in [1.165, 1.54) is 0 Å². The largest absolute Gasteiger partial charge is 0.487 e. The maximum absolute atomic E-state index is 11.3. The average Bonchev–Trinajstić information content (AvgIpc) is 3.31. The molecule has 0 spiro atoms. The van der Waals surface area contributed by atoms with E-state index in [2.05, 4.69) is 9.97 Å². The lowest BCUT2D eigenvalue weighted by Gasteiger charge is -2.08. The van der Waals surface area contributed by atoms with E-state index in [9.17, 15) is 8.42 Å². The summed E-state index contributed by atoms with van der Waals surface area (Å²) >= 11 is 0. The molecule has 0 bridgehead atoms. The van der Waals surface area contributed by atoms with Gasteiger partial charge in [0.1, 0.15) is 18.1 Å². The predicted molar refractivity (Wildman–Crippen MR) is 138 cm³/mol. The van der Waals surface area contributed by atoms with Gasteiger partial charge in [0.25, 0.3) is 10.1 Å². The topological polar surface area (TPSA) is 96.2 Å². The standard InChI is InChI=1S/C27H24N4O4S/c1-36(32,33)35-17-16-31-18-25(20-12-14-28-15-13-20)27(30-31)22-7-10-24(11-8-22)34-19-23-9-6-21-4-2-3-5-26(21)29-23/h2-15,18H,16-17,19H2,1H3. The van der Waals surface area contributed by atoms with Crippen LogP contribution in [0.15, 0.2) is 91.4 Å². The molecule has 3 aromatic heterocycles. The van der Waals surface area contributed by atoms with Crippen LogP contribution in [0.2, 0.25) is 0 Å². The molecule has 0 unspecified atom stereocenters. The second kappa shape index (κ2) is 10.3. The fraction of sp³-hybridized carbons (Fsp3) is 0.148. The monoisotopic (exact) mass is 500 g/mol. The molecule has 5 aromatic rings. The molecule has 182 valence electrons. The molecule has 0 aliphatic rings. The number of rotatable bonds is 9. The first-order chi connectivity index (χ1) is 17.4. The number of ether oxygens (including phenoxy) is 1. The first-order valence-electron chi connectivity index (χ1n) is 11.3. The van der Waals surface area contributed by atoms with Crippen LogP contribution in [0.3, 0.4) is 0 Å². The molecule has 36 heavy (non-hydrogen) atoms. The lowest BCUT2D eigenvalue weighted by molar-refractivity contribution is 0.297.